The second-order valence-electron chi connectivity index (χ2n) is 3.10. The standard InChI is InChI=1S/C12H17N/c1-2-3-4-5-6-9-12-10-7-8-11-13-12/h2-6,9H,7-8,10-11H2,1H3/b3-2+,5-4+,9-6+. The van der Waals surface area contributed by atoms with Crippen molar-refractivity contribution in [3.8, 4) is 0 Å². The van der Waals surface area contributed by atoms with Crippen molar-refractivity contribution < 1.29 is 0 Å². The molecule has 1 heterocycles. The molecular weight excluding hydrogens is 158 g/mol. The normalized spacial score (nSPS) is 19.0. The molecule has 0 bridgehead atoms. The van der Waals surface area contributed by atoms with Gasteiger partial charge < -0.3 is 0 Å². The van der Waals surface area contributed by atoms with Crippen molar-refractivity contribution in [1.82, 2.24) is 0 Å². The molecule has 0 atom stereocenters. The van der Waals surface area contributed by atoms with Gasteiger partial charge in [-0.25, -0.2) is 0 Å². The smallest absolute Gasteiger partial charge is 0.0392 e. The lowest BCUT2D eigenvalue weighted by Gasteiger charge is -2.06. The van der Waals surface area contributed by atoms with Gasteiger partial charge in [-0.3, -0.25) is 4.99 Å². The largest absolute Gasteiger partial charge is 0.290 e. The molecule has 70 valence electrons. The molecule has 0 N–H and O–H groups in total. The number of nitrogens with zero attached hydrogens (tertiary/aromatic N) is 1. The van der Waals surface area contributed by atoms with E-state index in [0.717, 1.165) is 13.0 Å². The Morgan fingerprint density at radius 1 is 1.08 bits per heavy atom. The minimum absolute atomic E-state index is 1.01. The zero-order chi connectivity index (χ0) is 9.36. The predicted molar refractivity (Wildman–Crippen MR) is 59.2 cm³/mol. The van der Waals surface area contributed by atoms with Gasteiger partial charge in [0, 0.05) is 12.3 Å². The summed E-state index contributed by atoms with van der Waals surface area (Å²) >= 11 is 0. The molecule has 0 aliphatic carbocycles. The number of hydrogen-bond acceptors (Lipinski definition) is 1. The fraction of sp³-hybridized carbons (Fsp3) is 0.417. The Balaban J connectivity index is 2.34. The Hall–Kier alpha value is -1.11. The van der Waals surface area contributed by atoms with Crippen molar-refractivity contribution in [3.63, 3.8) is 0 Å². The second-order valence-corrected chi connectivity index (χ2v) is 3.10. The summed E-state index contributed by atoms with van der Waals surface area (Å²) in [6.45, 7) is 3.03. The molecule has 0 aromatic heterocycles. The molecule has 1 nitrogen and oxygen atoms in total. The summed E-state index contributed by atoms with van der Waals surface area (Å²) in [6, 6.07) is 0. The predicted octanol–water partition coefficient (Wildman–Crippen LogP) is 3.30. The third kappa shape index (κ3) is 4.46. The van der Waals surface area contributed by atoms with Gasteiger partial charge in [-0.05, 0) is 32.3 Å². The third-order valence-corrected chi connectivity index (χ3v) is 1.97. The van der Waals surface area contributed by atoms with Crippen LogP contribution in [-0.4, -0.2) is 12.3 Å². The lowest BCUT2D eigenvalue weighted by Crippen LogP contribution is -2.02. The maximum Gasteiger partial charge on any atom is 0.0392 e. The SMILES string of the molecule is C/C=C/C=C/C=C/C1=NCCCC1. The number of allylic oxidation sites excluding steroid dienone is 6. The molecule has 0 radical (unpaired) electrons. The summed E-state index contributed by atoms with van der Waals surface area (Å²) < 4.78 is 0. The molecule has 1 rings (SSSR count). The van der Waals surface area contributed by atoms with Crippen LogP contribution in [0.2, 0.25) is 0 Å². The van der Waals surface area contributed by atoms with Gasteiger partial charge in [-0.15, -0.1) is 0 Å². The summed E-state index contributed by atoms with van der Waals surface area (Å²) in [5.74, 6) is 0. The van der Waals surface area contributed by atoms with Gasteiger partial charge in [0.05, 0.1) is 0 Å². The van der Waals surface area contributed by atoms with Crippen molar-refractivity contribution in [2.75, 3.05) is 6.54 Å². The van der Waals surface area contributed by atoms with E-state index >= 15 is 0 Å². The molecule has 0 fully saturated rings. The average Bonchev–Trinajstić information content (AvgIpc) is 2.19. The minimum atomic E-state index is 1.01. The number of rotatable bonds is 3. The van der Waals surface area contributed by atoms with Gasteiger partial charge in [0.2, 0.25) is 0 Å². The van der Waals surface area contributed by atoms with Crippen LogP contribution in [0.15, 0.2) is 41.4 Å². The van der Waals surface area contributed by atoms with E-state index in [-0.39, 0.29) is 0 Å². The molecule has 0 spiro atoms. The van der Waals surface area contributed by atoms with Crippen LogP contribution < -0.4 is 0 Å². The van der Waals surface area contributed by atoms with E-state index in [1.54, 1.807) is 0 Å². The van der Waals surface area contributed by atoms with E-state index in [1.165, 1.54) is 18.6 Å². The molecule has 1 heteroatoms. The molecule has 0 aromatic carbocycles. The van der Waals surface area contributed by atoms with Crippen molar-refractivity contribution in [1.29, 1.82) is 0 Å². The highest BCUT2D eigenvalue weighted by molar-refractivity contribution is 5.95. The molecule has 0 unspecified atom stereocenters. The van der Waals surface area contributed by atoms with Crippen molar-refractivity contribution in [3.05, 3.63) is 36.5 Å². The Labute approximate surface area is 80.6 Å². The van der Waals surface area contributed by atoms with Crippen LogP contribution in [0.4, 0.5) is 0 Å². The van der Waals surface area contributed by atoms with Gasteiger partial charge in [-0.2, -0.15) is 0 Å². The lowest BCUT2D eigenvalue weighted by atomic mass is 10.1. The highest BCUT2D eigenvalue weighted by Gasteiger charge is 1.99. The molecule has 0 aromatic rings. The van der Waals surface area contributed by atoms with Crippen molar-refractivity contribution in [2.45, 2.75) is 26.2 Å². The Kier molecular flexibility index (Phi) is 4.92. The number of hydrogen-bond donors (Lipinski definition) is 0. The molecule has 0 saturated carbocycles. The fourth-order valence-corrected chi connectivity index (χ4v) is 1.26. The van der Waals surface area contributed by atoms with Crippen LogP contribution in [0, 0.1) is 0 Å². The maximum absolute atomic E-state index is 4.43. The van der Waals surface area contributed by atoms with Crippen molar-refractivity contribution >= 4 is 5.71 Å². The first kappa shape index (κ1) is 9.97. The van der Waals surface area contributed by atoms with E-state index in [4.69, 9.17) is 0 Å². The van der Waals surface area contributed by atoms with Crippen LogP contribution in [0.5, 0.6) is 0 Å². The minimum Gasteiger partial charge on any atom is -0.290 e. The summed E-state index contributed by atoms with van der Waals surface area (Å²) in [7, 11) is 0. The first-order valence-corrected chi connectivity index (χ1v) is 4.93. The van der Waals surface area contributed by atoms with Crippen LogP contribution in [0.1, 0.15) is 26.2 Å². The van der Waals surface area contributed by atoms with Crippen LogP contribution in [0.25, 0.3) is 0 Å². The van der Waals surface area contributed by atoms with E-state index < -0.39 is 0 Å². The van der Waals surface area contributed by atoms with Crippen LogP contribution in [0.3, 0.4) is 0 Å². The second kappa shape index (κ2) is 6.41. The third-order valence-electron chi connectivity index (χ3n) is 1.97. The van der Waals surface area contributed by atoms with Crippen molar-refractivity contribution in [2.24, 2.45) is 4.99 Å². The molecule has 0 amide bonds. The Morgan fingerprint density at radius 3 is 2.62 bits per heavy atom. The summed E-state index contributed by atoms with van der Waals surface area (Å²) in [5, 5.41) is 0. The average molecular weight is 175 g/mol. The quantitative estimate of drug-likeness (QED) is 0.584. The zero-order valence-electron chi connectivity index (χ0n) is 8.24. The summed E-state index contributed by atoms with van der Waals surface area (Å²) in [5.41, 5.74) is 1.25. The zero-order valence-corrected chi connectivity index (χ0v) is 8.24. The Bertz CT molecular complexity index is 244. The first-order chi connectivity index (χ1) is 6.43. The Morgan fingerprint density at radius 2 is 1.92 bits per heavy atom. The monoisotopic (exact) mass is 175 g/mol. The van der Waals surface area contributed by atoms with Gasteiger partial charge in [-0.1, -0.05) is 30.4 Å². The molecule has 0 saturated heterocycles. The maximum atomic E-state index is 4.43. The highest BCUT2D eigenvalue weighted by Crippen LogP contribution is 2.06. The molecule has 13 heavy (non-hydrogen) atoms. The van der Waals surface area contributed by atoms with Gasteiger partial charge in [0.15, 0.2) is 0 Å². The van der Waals surface area contributed by atoms with Crippen LogP contribution in [-0.2, 0) is 0 Å². The lowest BCUT2D eigenvalue weighted by molar-refractivity contribution is 0.740. The van der Waals surface area contributed by atoms with Crippen LogP contribution >= 0.6 is 0 Å². The summed E-state index contributed by atoms with van der Waals surface area (Å²) in [6.07, 6.45) is 16.0. The summed E-state index contributed by atoms with van der Waals surface area (Å²) in [4.78, 5) is 4.43. The highest BCUT2D eigenvalue weighted by atomic mass is 14.7. The van der Waals surface area contributed by atoms with E-state index in [1.807, 2.05) is 31.2 Å². The first-order valence-electron chi connectivity index (χ1n) is 4.93. The fourth-order valence-electron chi connectivity index (χ4n) is 1.26. The van der Waals surface area contributed by atoms with Gasteiger partial charge in [0.25, 0.3) is 0 Å². The van der Waals surface area contributed by atoms with E-state index in [0.29, 0.717) is 0 Å². The van der Waals surface area contributed by atoms with E-state index in [9.17, 15) is 0 Å². The van der Waals surface area contributed by atoms with Gasteiger partial charge >= 0.3 is 0 Å². The molecular formula is C12H17N. The molecule has 1 aliphatic rings. The number of aliphatic imine (C=N–C) groups is 1. The van der Waals surface area contributed by atoms with Gasteiger partial charge in [0.1, 0.15) is 0 Å². The topological polar surface area (TPSA) is 12.4 Å². The molecule has 1 aliphatic heterocycles. The van der Waals surface area contributed by atoms with E-state index in [2.05, 4.69) is 17.1 Å².